The molecule has 1 unspecified atom stereocenters. The second-order valence-electron chi connectivity index (χ2n) is 6.22. The lowest BCUT2D eigenvalue weighted by molar-refractivity contribution is 0.244. The van der Waals surface area contributed by atoms with Crippen molar-refractivity contribution in [3.05, 3.63) is 30.1 Å². The normalized spacial score (nSPS) is 17.5. The number of hydrogen-bond donors (Lipinski definition) is 0. The molecule has 24 heavy (non-hydrogen) atoms. The Balaban J connectivity index is 1.67. The van der Waals surface area contributed by atoms with Crippen LogP contribution in [0.2, 0.25) is 0 Å². The summed E-state index contributed by atoms with van der Waals surface area (Å²) in [6.45, 7) is 2.86. The molecule has 0 amide bonds. The third-order valence-electron chi connectivity index (χ3n) is 4.71. The van der Waals surface area contributed by atoms with E-state index < -0.39 is 0 Å². The third-order valence-corrected chi connectivity index (χ3v) is 4.71. The summed E-state index contributed by atoms with van der Waals surface area (Å²) in [5.41, 5.74) is 2.27. The fraction of sp³-hybridized carbons (Fsp3) is 0.529. The van der Waals surface area contributed by atoms with Crippen LogP contribution in [0.1, 0.15) is 12.1 Å². The second-order valence-corrected chi connectivity index (χ2v) is 6.22. The van der Waals surface area contributed by atoms with Crippen molar-refractivity contribution in [3.8, 4) is 11.5 Å². The van der Waals surface area contributed by atoms with Crippen molar-refractivity contribution in [1.82, 2.24) is 19.9 Å². The van der Waals surface area contributed by atoms with Crippen molar-refractivity contribution in [1.29, 1.82) is 0 Å². The fourth-order valence-corrected chi connectivity index (χ4v) is 3.15. The van der Waals surface area contributed by atoms with Gasteiger partial charge in [0.25, 0.3) is 0 Å². The Morgan fingerprint density at radius 2 is 1.92 bits per heavy atom. The van der Waals surface area contributed by atoms with E-state index in [9.17, 15) is 0 Å². The minimum atomic E-state index is 0.497. The first kappa shape index (κ1) is 16.6. The number of nitrogens with zero attached hydrogens (tertiary/aromatic N) is 5. The predicted octanol–water partition coefficient (Wildman–Crippen LogP) is 1.54. The van der Waals surface area contributed by atoms with Crippen LogP contribution in [-0.4, -0.2) is 60.3 Å². The van der Waals surface area contributed by atoms with Crippen LogP contribution in [0.3, 0.4) is 0 Å². The molecule has 0 bridgehead atoms. The van der Waals surface area contributed by atoms with Crippen LogP contribution in [0.25, 0.3) is 0 Å². The molecule has 1 aliphatic heterocycles. The molecule has 2 heterocycles. The van der Waals surface area contributed by atoms with E-state index in [4.69, 9.17) is 9.47 Å². The average molecular weight is 331 g/mol. The van der Waals surface area contributed by atoms with Gasteiger partial charge in [0, 0.05) is 56.6 Å². The highest BCUT2D eigenvalue weighted by Gasteiger charge is 2.27. The summed E-state index contributed by atoms with van der Waals surface area (Å²) >= 11 is 0. The highest BCUT2D eigenvalue weighted by atomic mass is 16.5. The summed E-state index contributed by atoms with van der Waals surface area (Å²) < 4.78 is 12.6. The molecule has 130 valence electrons. The van der Waals surface area contributed by atoms with E-state index in [2.05, 4.69) is 39.3 Å². The number of hydrogen-bond acceptors (Lipinski definition) is 6. The van der Waals surface area contributed by atoms with E-state index in [1.807, 2.05) is 24.0 Å². The minimum Gasteiger partial charge on any atom is -0.497 e. The zero-order chi connectivity index (χ0) is 17.1. The maximum atomic E-state index is 5.38. The number of rotatable bonds is 6. The Morgan fingerprint density at radius 1 is 1.21 bits per heavy atom. The Hall–Kier alpha value is -2.28. The second kappa shape index (κ2) is 7.09. The monoisotopic (exact) mass is 331 g/mol. The fourth-order valence-electron chi connectivity index (χ4n) is 3.15. The number of likely N-dealkylation sites (N-methyl/N-ethyl adjacent to an activating group) is 1. The van der Waals surface area contributed by atoms with Crippen molar-refractivity contribution in [2.45, 2.75) is 19.0 Å². The number of methoxy groups -OCH3 is 2. The molecule has 0 radical (unpaired) electrons. The summed E-state index contributed by atoms with van der Waals surface area (Å²) in [5.74, 6) is 1.64. The zero-order valence-electron chi connectivity index (χ0n) is 14.8. The maximum absolute atomic E-state index is 5.38. The number of aromatic nitrogens is 3. The summed E-state index contributed by atoms with van der Waals surface area (Å²) in [4.78, 5) is 4.75. The van der Waals surface area contributed by atoms with Gasteiger partial charge in [0.05, 0.1) is 26.1 Å². The molecular weight excluding hydrogens is 306 g/mol. The molecule has 0 N–H and O–H groups in total. The van der Waals surface area contributed by atoms with Gasteiger partial charge in [-0.15, -0.1) is 5.10 Å². The smallest absolute Gasteiger partial charge is 0.124 e. The molecule has 0 saturated carbocycles. The van der Waals surface area contributed by atoms with Crippen LogP contribution in [0.4, 0.5) is 5.69 Å². The molecule has 1 fully saturated rings. The lowest BCUT2D eigenvalue weighted by Gasteiger charge is -2.25. The first-order valence-corrected chi connectivity index (χ1v) is 8.12. The van der Waals surface area contributed by atoms with Gasteiger partial charge in [-0.3, -0.25) is 9.58 Å². The van der Waals surface area contributed by atoms with Crippen LogP contribution < -0.4 is 14.4 Å². The number of anilines is 1. The van der Waals surface area contributed by atoms with Crippen molar-refractivity contribution >= 4 is 5.69 Å². The van der Waals surface area contributed by atoms with Crippen molar-refractivity contribution < 1.29 is 9.47 Å². The van der Waals surface area contributed by atoms with Crippen molar-refractivity contribution in [3.63, 3.8) is 0 Å². The number of ether oxygens (including phenoxy) is 2. The van der Waals surface area contributed by atoms with E-state index in [0.717, 1.165) is 48.9 Å². The number of aryl methyl sites for hydroxylation is 1. The molecule has 1 aliphatic rings. The van der Waals surface area contributed by atoms with Gasteiger partial charge in [-0.25, -0.2) is 0 Å². The molecule has 0 spiro atoms. The molecule has 3 rings (SSSR count). The summed E-state index contributed by atoms with van der Waals surface area (Å²) in [6, 6.07) is 6.53. The van der Waals surface area contributed by atoms with Gasteiger partial charge in [-0.2, -0.15) is 0 Å². The largest absolute Gasteiger partial charge is 0.497 e. The standard InChI is InChI=1S/C17H25N5O2/c1-20(11-15-10-18-19-21(15)2)13-5-6-22(12-13)14-7-16(23-3)9-17(8-14)24-4/h7-10,13H,5-6,11-12H2,1-4H3. The van der Waals surface area contributed by atoms with Crippen LogP contribution in [0.5, 0.6) is 11.5 Å². The lowest BCUT2D eigenvalue weighted by Crippen LogP contribution is -2.34. The summed E-state index contributed by atoms with van der Waals surface area (Å²) in [5, 5.41) is 7.95. The summed E-state index contributed by atoms with van der Waals surface area (Å²) in [7, 11) is 7.45. The van der Waals surface area contributed by atoms with Crippen molar-refractivity contribution in [2.24, 2.45) is 7.05 Å². The van der Waals surface area contributed by atoms with Crippen LogP contribution in [-0.2, 0) is 13.6 Å². The van der Waals surface area contributed by atoms with Gasteiger partial charge < -0.3 is 14.4 Å². The predicted molar refractivity (Wildman–Crippen MR) is 92.6 cm³/mol. The first-order valence-electron chi connectivity index (χ1n) is 8.12. The highest BCUT2D eigenvalue weighted by molar-refractivity contribution is 5.56. The Bertz CT molecular complexity index is 665. The zero-order valence-corrected chi connectivity index (χ0v) is 14.8. The molecule has 7 nitrogen and oxygen atoms in total. The highest BCUT2D eigenvalue weighted by Crippen LogP contribution is 2.31. The van der Waals surface area contributed by atoms with Crippen LogP contribution in [0, 0.1) is 0 Å². The Kier molecular flexibility index (Phi) is 4.89. The van der Waals surface area contributed by atoms with E-state index in [0.29, 0.717) is 6.04 Å². The molecule has 7 heteroatoms. The molecule has 0 aliphatic carbocycles. The first-order chi connectivity index (χ1) is 11.6. The quantitative estimate of drug-likeness (QED) is 0.800. The molecular formula is C17H25N5O2. The Labute approximate surface area is 142 Å². The van der Waals surface area contributed by atoms with Gasteiger partial charge in [0.2, 0.25) is 0 Å². The number of benzene rings is 1. The van der Waals surface area contributed by atoms with Crippen molar-refractivity contribution in [2.75, 3.05) is 39.3 Å². The van der Waals surface area contributed by atoms with Gasteiger partial charge in [-0.1, -0.05) is 5.21 Å². The minimum absolute atomic E-state index is 0.497. The van der Waals surface area contributed by atoms with Gasteiger partial charge >= 0.3 is 0 Å². The maximum Gasteiger partial charge on any atom is 0.124 e. The average Bonchev–Trinajstić information content (AvgIpc) is 3.24. The lowest BCUT2D eigenvalue weighted by atomic mass is 10.2. The van der Waals surface area contributed by atoms with E-state index in [1.54, 1.807) is 14.2 Å². The van der Waals surface area contributed by atoms with Gasteiger partial charge in [0.1, 0.15) is 11.5 Å². The topological polar surface area (TPSA) is 55.7 Å². The molecule has 1 aromatic carbocycles. The Morgan fingerprint density at radius 3 is 2.50 bits per heavy atom. The summed E-state index contributed by atoms with van der Waals surface area (Å²) in [6.07, 6.45) is 2.96. The van der Waals surface area contributed by atoms with Crippen LogP contribution in [0.15, 0.2) is 24.4 Å². The van der Waals surface area contributed by atoms with Gasteiger partial charge in [0.15, 0.2) is 0 Å². The molecule has 1 atom stereocenters. The van der Waals surface area contributed by atoms with E-state index >= 15 is 0 Å². The molecule has 1 saturated heterocycles. The molecule has 1 aromatic heterocycles. The van der Waals surface area contributed by atoms with E-state index in [-0.39, 0.29) is 0 Å². The third kappa shape index (κ3) is 3.46. The van der Waals surface area contributed by atoms with Crippen LogP contribution >= 0.6 is 0 Å². The SMILES string of the molecule is COc1cc(OC)cc(N2CCC(N(C)Cc3cnnn3C)C2)c1. The molecule has 2 aromatic rings. The van der Waals surface area contributed by atoms with E-state index in [1.165, 1.54) is 0 Å². The van der Waals surface area contributed by atoms with Gasteiger partial charge in [-0.05, 0) is 13.5 Å².